The first-order valence-corrected chi connectivity index (χ1v) is 5.18. The third kappa shape index (κ3) is 2.65. The first-order chi connectivity index (χ1) is 6.88. The van der Waals surface area contributed by atoms with Crippen LogP contribution in [0.1, 0.15) is 26.2 Å². The summed E-state index contributed by atoms with van der Waals surface area (Å²) in [5.74, 6) is -0.633. The van der Waals surface area contributed by atoms with Crippen LogP contribution in [0.15, 0.2) is 0 Å². The fraction of sp³-hybridized carbons (Fsp3) is 0.667. The summed E-state index contributed by atoms with van der Waals surface area (Å²) in [6.07, 6.45) is 1.51. The molecule has 6 heteroatoms. The molecule has 84 valence electrons. The molecule has 0 aromatic carbocycles. The van der Waals surface area contributed by atoms with Gasteiger partial charge in [-0.3, -0.25) is 9.59 Å². The van der Waals surface area contributed by atoms with Crippen molar-refractivity contribution >= 4 is 29.0 Å². The van der Waals surface area contributed by atoms with E-state index >= 15 is 0 Å². The normalized spacial score (nSPS) is 19.0. The fourth-order valence-corrected chi connectivity index (χ4v) is 1.72. The predicted molar refractivity (Wildman–Crippen MR) is 59.9 cm³/mol. The fourth-order valence-electron chi connectivity index (χ4n) is 1.43. The van der Waals surface area contributed by atoms with E-state index < -0.39 is 11.3 Å². The third-order valence-electron chi connectivity index (χ3n) is 2.54. The minimum absolute atomic E-state index is 0.124. The quantitative estimate of drug-likeness (QED) is 0.550. The molecule has 1 rings (SSSR count). The Kier molecular flexibility index (Phi) is 3.28. The Hall–Kier alpha value is -1.17. The molecule has 1 atom stereocenters. The highest BCUT2D eigenvalue weighted by molar-refractivity contribution is 7.80. The molecule has 2 amide bonds. The number of carbonyl (C=O) groups is 2. The number of nitrogens with one attached hydrogen (secondary N) is 1. The van der Waals surface area contributed by atoms with Gasteiger partial charge in [0.05, 0.1) is 10.4 Å². The van der Waals surface area contributed by atoms with E-state index in [1.807, 2.05) is 0 Å². The van der Waals surface area contributed by atoms with Gasteiger partial charge in [0.1, 0.15) is 0 Å². The lowest BCUT2D eigenvalue weighted by molar-refractivity contribution is -0.125. The standard InChI is InChI=1S/C9H15N3O2S/c1-5(4-6(10)13)12-8(14)9(2-3-9)7(11)15/h5H,2-4H2,1H3,(H2,10,13)(H2,11,15)(H,12,14). The van der Waals surface area contributed by atoms with Gasteiger partial charge in [-0.25, -0.2) is 0 Å². The van der Waals surface area contributed by atoms with Crippen LogP contribution in [0.3, 0.4) is 0 Å². The maximum absolute atomic E-state index is 11.7. The number of carbonyl (C=O) groups excluding carboxylic acids is 2. The summed E-state index contributed by atoms with van der Waals surface area (Å²) in [6.45, 7) is 1.72. The monoisotopic (exact) mass is 229 g/mol. The number of rotatable bonds is 5. The maximum atomic E-state index is 11.7. The molecule has 5 nitrogen and oxygen atoms in total. The summed E-state index contributed by atoms with van der Waals surface area (Å²) < 4.78 is 0. The summed E-state index contributed by atoms with van der Waals surface area (Å²) in [5.41, 5.74) is 9.84. The molecule has 0 aliphatic heterocycles. The molecule has 0 aromatic rings. The van der Waals surface area contributed by atoms with Crippen molar-refractivity contribution in [3.63, 3.8) is 0 Å². The van der Waals surface area contributed by atoms with E-state index in [1.165, 1.54) is 0 Å². The molecule has 0 bridgehead atoms. The Labute approximate surface area is 93.6 Å². The second-order valence-corrected chi connectivity index (χ2v) is 4.43. The molecule has 1 aliphatic carbocycles. The first kappa shape index (κ1) is 11.9. The van der Waals surface area contributed by atoms with Crippen molar-refractivity contribution in [1.29, 1.82) is 0 Å². The molecule has 1 fully saturated rings. The number of hydrogen-bond acceptors (Lipinski definition) is 3. The molecule has 15 heavy (non-hydrogen) atoms. The zero-order chi connectivity index (χ0) is 11.6. The van der Waals surface area contributed by atoms with Gasteiger partial charge in [0.25, 0.3) is 0 Å². The van der Waals surface area contributed by atoms with Crippen molar-refractivity contribution in [1.82, 2.24) is 5.32 Å². The molecule has 0 heterocycles. The highest BCUT2D eigenvalue weighted by Gasteiger charge is 2.52. The zero-order valence-corrected chi connectivity index (χ0v) is 9.39. The van der Waals surface area contributed by atoms with Crippen LogP contribution in [0.5, 0.6) is 0 Å². The lowest BCUT2D eigenvalue weighted by atomic mass is 10.1. The Morgan fingerprint density at radius 2 is 2.00 bits per heavy atom. The van der Waals surface area contributed by atoms with Crippen molar-refractivity contribution < 1.29 is 9.59 Å². The van der Waals surface area contributed by atoms with Gasteiger partial charge in [0.2, 0.25) is 11.8 Å². The highest BCUT2D eigenvalue weighted by Crippen LogP contribution is 2.46. The SMILES string of the molecule is CC(CC(N)=O)NC(=O)C1(C(N)=S)CC1. The van der Waals surface area contributed by atoms with Crippen LogP contribution in [0.25, 0.3) is 0 Å². The smallest absolute Gasteiger partial charge is 0.233 e. The van der Waals surface area contributed by atoms with Gasteiger partial charge < -0.3 is 16.8 Å². The van der Waals surface area contributed by atoms with Gasteiger partial charge >= 0.3 is 0 Å². The van der Waals surface area contributed by atoms with Gasteiger partial charge in [-0.15, -0.1) is 0 Å². The van der Waals surface area contributed by atoms with E-state index in [2.05, 4.69) is 5.32 Å². The van der Waals surface area contributed by atoms with Gasteiger partial charge in [0, 0.05) is 12.5 Å². The van der Waals surface area contributed by atoms with Crippen molar-refractivity contribution in [2.45, 2.75) is 32.2 Å². The van der Waals surface area contributed by atoms with Crippen molar-refractivity contribution in [3.8, 4) is 0 Å². The van der Waals surface area contributed by atoms with Crippen molar-refractivity contribution in [2.75, 3.05) is 0 Å². The zero-order valence-electron chi connectivity index (χ0n) is 8.58. The Morgan fingerprint density at radius 3 is 2.33 bits per heavy atom. The summed E-state index contributed by atoms with van der Waals surface area (Å²) in [6, 6.07) is -0.276. The number of hydrogen-bond donors (Lipinski definition) is 3. The molecular weight excluding hydrogens is 214 g/mol. The number of nitrogens with two attached hydrogens (primary N) is 2. The summed E-state index contributed by atoms with van der Waals surface area (Å²) in [7, 11) is 0. The average Bonchev–Trinajstić information content (AvgIpc) is 2.80. The molecule has 1 aliphatic rings. The van der Waals surface area contributed by atoms with E-state index in [4.69, 9.17) is 23.7 Å². The third-order valence-corrected chi connectivity index (χ3v) is 2.93. The predicted octanol–water partition coefficient (Wildman–Crippen LogP) is -0.567. The second-order valence-electron chi connectivity index (χ2n) is 3.99. The largest absolute Gasteiger partial charge is 0.392 e. The lowest BCUT2D eigenvalue weighted by Gasteiger charge is -2.17. The number of primary amides is 1. The van der Waals surface area contributed by atoms with E-state index in [-0.39, 0.29) is 23.4 Å². The summed E-state index contributed by atoms with van der Waals surface area (Å²) in [4.78, 5) is 22.6. The average molecular weight is 229 g/mol. The Morgan fingerprint density at radius 1 is 1.47 bits per heavy atom. The lowest BCUT2D eigenvalue weighted by Crippen LogP contribution is -2.44. The minimum atomic E-state index is -0.665. The van der Waals surface area contributed by atoms with Crippen LogP contribution >= 0.6 is 12.2 Å². The Bertz CT molecular complexity index is 312. The van der Waals surface area contributed by atoms with Gasteiger partial charge in [-0.1, -0.05) is 12.2 Å². The summed E-state index contributed by atoms with van der Waals surface area (Å²) in [5, 5.41) is 2.69. The van der Waals surface area contributed by atoms with E-state index in [9.17, 15) is 9.59 Å². The molecule has 0 aromatic heterocycles. The summed E-state index contributed by atoms with van der Waals surface area (Å²) >= 11 is 4.84. The molecule has 1 unspecified atom stereocenters. The van der Waals surface area contributed by atoms with Crippen LogP contribution in [0, 0.1) is 5.41 Å². The number of amides is 2. The molecule has 5 N–H and O–H groups in total. The number of thiocarbonyl (C=S) groups is 1. The molecule has 1 saturated carbocycles. The van der Waals surface area contributed by atoms with Crippen molar-refractivity contribution in [2.24, 2.45) is 16.9 Å². The maximum Gasteiger partial charge on any atom is 0.233 e. The second kappa shape index (κ2) is 4.14. The molecule has 0 saturated heterocycles. The van der Waals surface area contributed by atoms with E-state index in [1.54, 1.807) is 6.92 Å². The van der Waals surface area contributed by atoms with Crippen LogP contribution in [0.2, 0.25) is 0 Å². The Balaban J connectivity index is 2.49. The molecule has 0 spiro atoms. The van der Waals surface area contributed by atoms with Gasteiger partial charge in [0.15, 0.2) is 0 Å². The molecule has 0 radical (unpaired) electrons. The van der Waals surface area contributed by atoms with Crippen molar-refractivity contribution in [3.05, 3.63) is 0 Å². The first-order valence-electron chi connectivity index (χ1n) is 4.77. The van der Waals surface area contributed by atoms with Gasteiger partial charge in [-0.2, -0.15) is 0 Å². The van der Waals surface area contributed by atoms with Gasteiger partial charge in [-0.05, 0) is 19.8 Å². The highest BCUT2D eigenvalue weighted by atomic mass is 32.1. The minimum Gasteiger partial charge on any atom is -0.392 e. The van der Waals surface area contributed by atoms with Crippen LogP contribution in [-0.4, -0.2) is 22.8 Å². The van der Waals surface area contributed by atoms with E-state index in [0.29, 0.717) is 12.8 Å². The van der Waals surface area contributed by atoms with Crippen LogP contribution in [0.4, 0.5) is 0 Å². The van der Waals surface area contributed by atoms with E-state index in [0.717, 1.165) is 0 Å². The molecular formula is C9H15N3O2S. The topological polar surface area (TPSA) is 98.2 Å². The van der Waals surface area contributed by atoms with Crippen LogP contribution in [-0.2, 0) is 9.59 Å². The van der Waals surface area contributed by atoms with Crippen LogP contribution < -0.4 is 16.8 Å².